The first-order chi connectivity index (χ1) is 11.0. The number of halogens is 2. The van der Waals surface area contributed by atoms with Gasteiger partial charge in [0.05, 0.1) is 11.3 Å². The van der Waals surface area contributed by atoms with Crippen molar-refractivity contribution in [1.82, 2.24) is 20.2 Å². The van der Waals surface area contributed by atoms with E-state index in [0.717, 1.165) is 18.4 Å². The van der Waals surface area contributed by atoms with E-state index in [0.29, 0.717) is 34.3 Å². The first-order valence-electron chi connectivity index (χ1n) is 7.42. The quantitative estimate of drug-likeness (QED) is 0.824. The summed E-state index contributed by atoms with van der Waals surface area (Å²) in [5.41, 5.74) is 1.60. The Hall–Kier alpha value is -1.18. The highest BCUT2D eigenvalue weighted by Crippen LogP contribution is 2.43. The zero-order chi connectivity index (χ0) is 16.2. The van der Waals surface area contributed by atoms with Gasteiger partial charge >= 0.3 is 0 Å². The Morgan fingerprint density at radius 1 is 1.22 bits per heavy atom. The second-order valence-corrected chi connectivity index (χ2v) is 9.09. The molecule has 0 spiro atoms. The van der Waals surface area contributed by atoms with Crippen LogP contribution in [-0.4, -0.2) is 28.6 Å². The maximum Gasteiger partial charge on any atom is 0.166 e. The minimum atomic E-state index is -3.44. The molecule has 9 heteroatoms. The summed E-state index contributed by atoms with van der Waals surface area (Å²) >= 11 is 12.2. The first kappa shape index (κ1) is 15.4. The molecule has 2 aliphatic rings. The van der Waals surface area contributed by atoms with E-state index in [-0.39, 0.29) is 11.8 Å². The summed E-state index contributed by atoms with van der Waals surface area (Å²) in [4.78, 5) is 0. The van der Waals surface area contributed by atoms with Crippen LogP contribution < -0.4 is 0 Å². The molecule has 2 aromatic rings. The Morgan fingerprint density at radius 2 is 2.00 bits per heavy atom. The van der Waals surface area contributed by atoms with Crippen molar-refractivity contribution in [3.8, 4) is 0 Å². The number of aromatic nitrogens is 4. The summed E-state index contributed by atoms with van der Waals surface area (Å²) in [6, 6.07) is 3.61. The highest BCUT2D eigenvalue weighted by atomic mass is 35.5. The largest absolute Gasteiger partial charge is 0.228 e. The van der Waals surface area contributed by atoms with Gasteiger partial charge < -0.3 is 0 Å². The minimum Gasteiger partial charge on any atom is -0.228 e. The molecule has 0 N–H and O–H groups in total. The lowest BCUT2D eigenvalue weighted by Crippen LogP contribution is -2.17. The van der Waals surface area contributed by atoms with Crippen molar-refractivity contribution in [3.63, 3.8) is 0 Å². The Balaban J connectivity index is 1.67. The second-order valence-electron chi connectivity index (χ2n) is 6.06. The molecule has 1 heterocycles. The topological polar surface area (TPSA) is 77.7 Å². The lowest BCUT2D eigenvalue weighted by molar-refractivity contribution is 0.565. The molecule has 122 valence electrons. The molecule has 1 atom stereocenters. The summed E-state index contributed by atoms with van der Waals surface area (Å²) < 4.78 is 27.4. The number of tetrazole rings is 1. The van der Waals surface area contributed by atoms with Crippen LogP contribution in [0.4, 0.5) is 0 Å². The van der Waals surface area contributed by atoms with Crippen LogP contribution in [0, 0.1) is 0 Å². The van der Waals surface area contributed by atoms with Crippen molar-refractivity contribution < 1.29 is 8.42 Å². The van der Waals surface area contributed by atoms with E-state index in [2.05, 4.69) is 15.5 Å². The van der Waals surface area contributed by atoms with E-state index in [1.54, 1.807) is 16.8 Å². The average Bonchev–Trinajstić information content (AvgIpc) is 3.04. The Morgan fingerprint density at radius 3 is 2.74 bits per heavy atom. The zero-order valence-corrected chi connectivity index (χ0v) is 14.4. The van der Waals surface area contributed by atoms with Gasteiger partial charge in [-0.25, -0.2) is 13.1 Å². The van der Waals surface area contributed by atoms with Gasteiger partial charge in [-0.3, -0.25) is 0 Å². The number of hydrogen-bond acceptors (Lipinski definition) is 5. The van der Waals surface area contributed by atoms with Gasteiger partial charge in [0.1, 0.15) is 5.75 Å². The Bertz CT molecular complexity index is 877. The first-order valence-corrected chi connectivity index (χ1v) is 9.89. The SMILES string of the molecule is O=S(=O)(Cc1nnnn1C1CC1)C1CCc2c(Cl)cc(Cl)cc21. The normalized spacial score (nSPS) is 20.7. The molecule has 0 bridgehead atoms. The molecule has 1 saturated carbocycles. The van der Waals surface area contributed by atoms with Gasteiger partial charge in [0, 0.05) is 10.0 Å². The van der Waals surface area contributed by atoms with Crippen molar-refractivity contribution in [1.29, 1.82) is 0 Å². The monoisotopic (exact) mass is 372 g/mol. The molecule has 1 aromatic carbocycles. The van der Waals surface area contributed by atoms with E-state index >= 15 is 0 Å². The number of rotatable bonds is 4. The highest BCUT2D eigenvalue weighted by molar-refractivity contribution is 7.90. The van der Waals surface area contributed by atoms with Gasteiger partial charge in [0.25, 0.3) is 0 Å². The third-order valence-electron chi connectivity index (χ3n) is 4.42. The molecule has 0 amide bonds. The number of nitrogens with zero attached hydrogens (tertiary/aromatic N) is 4. The van der Waals surface area contributed by atoms with Crippen LogP contribution in [0.1, 0.15) is 47.5 Å². The predicted octanol–water partition coefficient (Wildman–Crippen LogP) is 2.92. The number of fused-ring (bicyclic) bond motifs is 1. The fourth-order valence-corrected chi connectivity index (χ4v) is 5.60. The van der Waals surface area contributed by atoms with Crippen LogP contribution in [0.3, 0.4) is 0 Å². The Kier molecular flexibility index (Phi) is 3.62. The number of benzene rings is 1. The Labute approximate surface area is 143 Å². The molecule has 0 aliphatic heterocycles. The van der Waals surface area contributed by atoms with Crippen molar-refractivity contribution in [3.05, 3.63) is 39.1 Å². The van der Waals surface area contributed by atoms with E-state index < -0.39 is 15.1 Å². The fraction of sp³-hybridized carbons (Fsp3) is 0.500. The third kappa shape index (κ3) is 2.75. The lowest BCUT2D eigenvalue weighted by Gasteiger charge is -2.13. The summed E-state index contributed by atoms with van der Waals surface area (Å²) in [5, 5.41) is 11.8. The molecule has 1 fully saturated rings. The minimum absolute atomic E-state index is 0.162. The van der Waals surface area contributed by atoms with Crippen molar-refractivity contribution in [2.75, 3.05) is 0 Å². The van der Waals surface area contributed by atoms with E-state index in [9.17, 15) is 8.42 Å². The van der Waals surface area contributed by atoms with Gasteiger partial charge in [-0.1, -0.05) is 23.2 Å². The fourth-order valence-electron chi connectivity index (χ4n) is 3.17. The maximum absolute atomic E-state index is 12.9. The molecule has 0 radical (unpaired) electrons. The third-order valence-corrected chi connectivity index (χ3v) is 6.99. The highest BCUT2D eigenvalue weighted by Gasteiger charge is 2.37. The summed E-state index contributed by atoms with van der Waals surface area (Å²) in [6.07, 6.45) is 3.15. The van der Waals surface area contributed by atoms with Crippen LogP contribution in [0.2, 0.25) is 10.0 Å². The van der Waals surface area contributed by atoms with E-state index in [1.807, 2.05) is 0 Å². The van der Waals surface area contributed by atoms with Crippen molar-refractivity contribution in [2.45, 2.75) is 42.7 Å². The van der Waals surface area contributed by atoms with Gasteiger partial charge in [-0.2, -0.15) is 0 Å². The van der Waals surface area contributed by atoms with Gasteiger partial charge in [-0.15, -0.1) is 5.10 Å². The molecule has 1 aromatic heterocycles. The zero-order valence-electron chi connectivity index (χ0n) is 12.1. The maximum atomic E-state index is 12.9. The van der Waals surface area contributed by atoms with Crippen LogP contribution in [0.25, 0.3) is 0 Å². The van der Waals surface area contributed by atoms with Crippen molar-refractivity contribution >= 4 is 33.0 Å². The lowest BCUT2D eigenvalue weighted by atomic mass is 10.1. The average molecular weight is 373 g/mol. The van der Waals surface area contributed by atoms with Gasteiger partial charge in [0.15, 0.2) is 15.7 Å². The van der Waals surface area contributed by atoms with E-state index in [4.69, 9.17) is 23.2 Å². The molecule has 6 nitrogen and oxygen atoms in total. The molecular weight excluding hydrogens is 359 g/mol. The van der Waals surface area contributed by atoms with Gasteiger partial charge in [0.2, 0.25) is 0 Å². The summed E-state index contributed by atoms with van der Waals surface area (Å²) in [7, 11) is -3.44. The molecule has 4 rings (SSSR count). The summed E-state index contributed by atoms with van der Waals surface area (Å²) in [6.45, 7) is 0. The number of hydrogen-bond donors (Lipinski definition) is 0. The molecule has 0 saturated heterocycles. The summed E-state index contributed by atoms with van der Waals surface area (Å²) in [5.74, 6) is 0.249. The van der Waals surface area contributed by atoms with E-state index in [1.165, 1.54) is 0 Å². The molecule has 2 aliphatic carbocycles. The number of sulfone groups is 1. The smallest absolute Gasteiger partial charge is 0.166 e. The standard InChI is InChI=1S/C14H14Cl2N4O2S/c15-8-5-11-10(12(16)6-8)3-4-13(11)23(21,22)7-14-17-18-19-20(14)9-1-2-9/h5-6,9,13H,1-4,7H2. The van der Waals surface area contributed by atoms with Crippen LogP contribution >= 0.6 is 23.2 Å². The van der Waals surface area contributed by atoms with Gasteiger partial charge in [-0.05, 0) is 59.4 Å². The van der Waals surface area contributed by atoms with Crippen molar-refractivity contribution in [2.24, 2.45) is 0 Å². The predicted molar refractivity (Wildman–Crippen MR) is 86.2 cm³/mol. The molecule has 1 unspecified atom stereocenters. The van der Waals surface area contributed by atoms with Crippen LogP contribution in [0.5, 0.6) is 0 Å². The van der Waals surface area contributed by atoms with Crippen LogP contribution in [-0.2, 0) is 22.0 Å². The molecular formula is C14H14Cl2N4O2S. The second kappa shape index (κ2) is 5.43. The molecule has 23 heavy (non-hydrogen) atoms. The van der Waals surface area contributed by atoms with Crippen LogP contribution in [0.15, 0.2) is 12.1 Å².